The maximum Gasteiger partial charge on any atom is 0.108 e. The molecule has 5 nitrogen and oxygen atoms in total. The van der Waals surface area contributed by atoms with Crippen molar-refractivity contribution in [3.63, 3.8) is 0 Å². The minimum atomic E-state index is -1.20. The number of aliphatic carboxylic acids is 1. The highest BCUT2D eigenvalue weighted by molar-refractivity contribution is 5.64. The first-order valence-corrected chi connectivity index (χ1v) is 3.94. The molecule has 0 rings (SSSR count). The van der Waals surface area contributed by atoms with E-state index in [1.165, 1.54) is 0 Å². The van der Waals surface area contributed by atoms with E-state index in [-0.39, 0.29) is 6.42 Å². The molecule has 0 radical (unpaired) electrons. The fourth-order valence-electron chi connectivity index (χ4n) is 0.889. The summed E-state index contributed by atoms with van der Waals surface area (Å²) in [5.74, 6) is -1.20. The zero-order valence-corrected chi connectivity index (χ0v) is 8.65. The first-order chi connectivity index (χ1) is 5.81. The Hall–Kier alpha value is -0.650. The van der Waals surface area contributed by atoms with Gasteiger partial charge in [-0.05, 0) is 0 Å². The summed E-state index contributed by atoms with van der Waals surface area (Å²) in [7, 11) is 6.66. The van der Waals surface area contributed by atoms with Crippen LogP contribution in [-0.2, 0) is 4.79 Å². The highest BCUT2D eigenvalue weighted by atomic mass is 16.4. The van der Waals surface area contributed by atoms with Crippen LogP contribution in [0, 0.1) is 0 Å². The van der Waals surface area contributed by atoms with Crippen LogP contribution in [-0.4, -0.2) is 61.6 Å². The molecule has 0 amide bonds. The maximum absolute atomic E-state index is 10.0. The van der Waals surface area contributed by atoms with Gasteiger partial charge in [0.2, 0.25) is 0 Å². The normalized spacial score (nSPS) is 12.8. The second-order valence-corrected chi connectivity index (χ2v) is 3.70. The van der Waals surface area contributed by atoms with Gasteiger partial charge in [0, 0.05) is 19.5 Å². The molecule has 0 heterocycles. The zero-order valence-electron chi connectivity index (χ0n) is 8.65. The van der Waals surface area contributed by atoms with Gasteiger partial charge in [-0.3, -0.25) is 0 Å². The highest BCUT2D eigenvalue weighted by Crippen LogP contribution is 1.97. The average Bonchev–Trinajstić information content (AvgIpc) is 1.85. The van der Waals surface area contributed by atoms with E-state index in [1.807, 2.05) is 21.1 Å². The van der Waals surface area contributed by atoms with E-state index < -0.39 is 12.1 Å². The van der Waals surface area contributed by atoms with E-state index >= 15 is 0 Å². The predicted octanol–water partition coefficient (Wildman–Crippen LogP) is -2.20. The molecule has 0 fully saturated rings. The molecule has 80 valence electrons. The second kappa shape index (κ2) is 6.82. The van der Waals surface area contributed by atoms with Crippen molar-refractivity contribution >= 4 is 5.97 Å². The van der Waals surface area contributed by atoms with Gasteiger partial charge in [-0.2, -0.15) is 0 Å². The van der Waals surface area contributed by atoms with Crippen LogP contribution in [0.4, 0.5) is 0 Å². The van der Waals surface area contributed by atoms with Crippen LogP contribution in [0.2, 0.25) is 0 Å². The van der Waals surface area contributed by atoms with Gasteiger partial charge in [-0.15, -0.1) is 0 Å². The third-order valence-electron chi connectivity index (χ3n) is 1.16. The van der Waals surface area contributed by atoms with Crippen LogP contribution in [0.3, 0.4) is 0 Å². The summed E-state index contributed by atoms with van der Waals surface area (Å²) in [4.78, 5) is 10.0. The topological polar surface area (TPSA) is 80.6 Å². The lowest BCUT2D eigenvalue weighted by Gasteiger charge is -2.26. The molecule has 0 aliphatic heterocycles. The van der Waals surface area contributed by atoms with Gasteiger partial charge >= 0.3 is 0 Å². The molecule has 0 aromatic carbocycles. The summed E-state index contributed by atoms with van der Waals surface area (Å²) in [6.07, 6.45) is -1.09. The van der Waals surface area contributed by atoms with Crippen molar-refractivity contribution in [3.05, 3.63) is 0 Å². The largest absolute Gasteiger partial charge is 0.550 e. The van der Waals surface area contributed by atoms with E-state index in [1.54, 1.807) is 0 Å². The zero-order chi connectivity index (χ0) is 11.1. The van der Waals surface area contributed by atoms with Crippen molar-refractivity contribution in [2.24, 2.45) is 0 Å². The number of nitrogens with zero attached hydrogens (tertiary/aromatic N) is 1. The van der Waals surface area contributed by atoms with E-state index in [4.69, 9.17) is 10.2 Å². The maximum atomic E-state index is 10.0. The third kappa shape index (κ3) is 14.2. The van der Waals surface area contributed by atoms with Crippen LogP contribution in [0.25, 0.3) is 0 Å². The molecular weight excluding hydrogens is 174 g/mol. The fourth-order valence-corrected chi connectivity index (χ4v) is 0.889. The molecule has 0 aromatic heterocycles. The van der Waals surface area contributed by atoms with Crippen LogP contribution in [0.5, 0.6) is 0 Å². The highest BCUT2D eigenvalue weighted by Gasteiger charge is 2.14. The van der Waals surface area contributed by atoms with Crippen molar-refractivity contribution in [3.8, 4) is 0 Å². The number of aliphatic hydroxyl groups excluding tert-OH is 2. The Balaban J connectivity index is 0. The molecule has 2 N–H and O–H groups in total. The second-order valence-electron chi connectivity index (χ2n) is 3.70. The minimum absolute atomic E-state index is 0.282. The fraction of sp³-hybridized carbons (Fsp3) is 0.875. The van der Waals surface area contributed by atoms with Crippen molar-refractivity contribution < 1.29 is 24.6 Å². The predicted molar refractivity (Wildman–Crippen MR) is 46.7 cm³/mol. The molecule has 5 heteroatoms. The summed E-state index contributed by atoms with van der Waals surface area (Å²) in [5, 5.41) is 26.1. The molecule has 0 aliphatic carbocycles. The van der Waals surface area contributed by atoms with E-state index in [9.17, 15) is 9.90 Å². The molecule has 0 bridgehead atoms. The number of carboxylic acids is 1. The summed E-state index contributed by atoms with van der Waals surface area (Å²) >= 11 is 0. The van der Waals surface area contributed by atoms with Crippen LogP contribution < -0.4 is 5.11 Å². The molecule has 0 aromatic rings. The van der Waals surface area contributed by atoms with Crippen molar-refractivity contribution in [1.82, 2.24) is 0 Å². The van der Waals surface area contributed by atoms with Gasteiger partial charge in [0.05, 0.1) is 21.1 Å². The minimum Gasteiger partial charge on any atom is -0.550 e. The standard InChI is InChI=1S/C7H15NO3.CH4O/c1-8(2,3)5-6(9)4-7(10)11;1-2/h6,9H,4-5H2,1-3H3;2H,1H3. The monoisotopic (exact) mass is 193 g/mol. The van der Waals surface area contributed by atoms with E-state index in [2.05, 4.69) is 0 Å². The summed E-state index contributed by atoms with van der Waals surface area (Å²) < 4.78 is 0.550. The number of aliphatic hydroxyl groups is 2. The Morgan fingerprint density at radius 2 is 1.77 bits per heavy atom. The molecule has 1 atom stereocenters. The van der Waals surface area contributed by atoms with Crippen molar-refractivity contribution in [1.29, 1.82) is 0 Å². The Labute approximate surface area is 78.8 Å². The van der Waals surface area contributed by atoms with Gasteiger partial charge in [-0.25, -0.2) is 0 Å². The van der Waals surface area contributed by atoms with E-state index in [0.717, 1.165) is 7.11 Å². The number of carbonyl (C=O) groups is 1. The molecular formula is C8H19NO4. The van der Waals surface area contributed by atoms with Gasteiger partial charge < -0.3 is 24.6 Å². The Bertz CT molecular complexity index is 142. The number of carboxylic acid groups (broad SMARTS) is 1. The summed E-state index contributed by atoms with van der Waals surface area (Å²) in [6, 6.07) is 0. The number of hydrogen-bond donors (Lipinski definition) is 2. The van der Waals surface area contributed by atoms with Crippen molar-refractivity contribution in [2.75, 3.05) is 34.8 Å². The Morgan fingerprint density at radius 3 is 2.00 bits per heavy atom. The third-order valence-corrected chi connectivity index (χ3v) is 1.16. The molecule has 0 saturated heterocycles. The Morgan fingerprint density at radius 1 is 1.38 bits per heavy atom. The van der Waals surface area contributed by atoms with Gasteiger partial charge in [0.25, 0.3) is 0 Å². The number of likely N-dealkylation sites (N-methyl/N-ethyl adjacent to an activating group) is 1. The summed E-state index contributed by atoms with van der Waals surface area (Å²) in [5.41, 5.74) is 0. The number of rotatable bonds is 4. The molecule has 13 heavy (non-hydrogen) atoms. The van der Waals surface area contributed by atoms with Crippen molar-refractivity contribution in [2.45, 2.75) is 12.5 Å². The molecule has 1 unspecified atom stereocenters. The number of hydrogen-bond acceptors (Lipinski definition) is 4. The molecule has 0 spiro atoms. The molecule has 0 aliphatic rings. The van der Waals surface area contributed by atoms with Gasteiger partial charge in [0.1, 0.15) is 12.6 Å². The molecule has 0 saturated carbocycles. The lowest BCUT2D eigenvalue weighted by molar-refractivity contribution is -0.873. The SMILES string of the molecule is CO.C[N+](C)(C)CC(O)CC(=O)[O-]. The van der Waals surface area contributed by atoms with Crippen LogP contribution in [0.15, 0.2) is 0 Å². The smallest absolute Gasteiger partial charge is 0.108 e. The van der Waals surface area contributed by atoms with Gasteiger partial charge in [-0.1, -0.05) is 0 Å². The average molecular weight is 193 g/mol. The van der Waals surface area contributed by atoms with Crippen LogP contribution >= 0.6 is 0 Å². The van der Waals surface area contributed by atoms with Crippen LogP contribution in [0.1, 0.15) is 6.42 Å². The first-order valence-electron chi connectivity index (χ1n) is 3.94. The number of quaternary nitrogens is 1. The van der Waals surface area contributed by atoms with E-state index in [0.29, 0.717) is 11.0 Å². The lowest BCUT2D eigenvalue weighted by Crippen LogP contribution is -2.43. The van der Waals surface area contributed by atoms with Gasteiger partial charge in [0.15, 0.2) is 0 Å². The lowest BCUT2D eigenvalue weighted by atomic mass is 10.2. The quantitative estimate of drug-likeness (QED) is 0.497. The number of carbonyl (C=O) groups excluding carboxylic acids is 1. The summed E-state index contributed by atoms with van der Waals surface area (Å²) in [6.45, 7) is 0.425. The Kier molecular flexibility index (Phi) is 7.79. The first kappa shape index (κ1) is 14.9.